The van der Waals surface area contributed by atoms with Crippen LogP contribution in [0.25, 0.3) is 11.1 Å². The van der Waals surface area contributed by atoms with E-state index in [1.807, 2.05) is 22.8 Å². The van der Waals surface area contributed by atoms with E-state index in [0.29, 0.717) is 31.1 Å². The van der Waals surface area contributed by atoms with E-state index in [9.17, 15) is 9.18 Å². The standard InChI is InChI=1S/C20H21FN4O2/c1-24(13-19-23-22-14-25(19)10-11-27-2)20(26)16-8-6-15(7-9-16)17-4-3-5-18(21)12-17/h3-9,12,14H,10-11,13H2,1-2H3. The second-order valence-corrected chi connectivity index (χ2v) is 6.18. The Morgan fingerprint density at radius 2 is 1.96 bits per heavy atom. The minimum atomic E-state index is -0.287. The average Bonchev–Trinajstić information content (AvgIpc) is 3.12. The van der Waals surface area contributed by atoms with Crippen molar-refractivity contribution in [3.05, 3.63) is 72.1 Å². The molecule has 0 spiro atoms. The SMILES string of the molecule is COCCn1cnnc1CN(C)C(=O)c1ccc(-c2cccc(F)c2)cc1. The summed E-state index contributed by atoms with van der Waals surface area (Å²) in [4.78, 5) is 14.3. The number of carbonyl (C=O) groups is 1. The summed E-state index contributed by atoms with van der Waals surface area (Å²) in [6.45, 7) is 1.52. The molecule has 0 aliphatic heterocycles. The summed E-state index contributed by atoms with van der Waals surface area (Å²) in [5.74, 6) is 0.284. The topological polar surface area (TPSA) is 60.2 Å². The second-order valence-electron chi connectivity index (χ2n) is 6.18. The summed E-state index contributed by atoms with van der Waals surface area (Å²) in [5.41, 5.74) is 2.18. The number of amides is 1. The Balaban J connectivity index is 1.69. The van der Waals surface area contributed by atoms with Crippen LogP contribution in [0.15, 0.2) is 54.9 Å². The lowest BCUT2D eigenvalue weighted by molar-refractivity contribution is 0.0779. The summed E-state index contributed by atoms with van der Waals surface area (Å²) >= 11 is 0. The maximum absolute atomic E-state index is 13.4. The van der Waals surface area contributed by atoms with Crippen LogP contribution >= 0.6 is 0 Å². The fraction of sp³-hybridized carbons (Fsp3) is 0.250. The zero-order chi connectivity index (χ0) is 19.2. The molecule has 0 atom stereocenters. The number of halogens is 1. The van der Waals surface area contributed by atoms with Gasteiger partial charge >= 0.3 is 0 Å². The highest BCUT2D eigenvalue weighted by Gasteiger charge is 2.15. The van der Waals surface area contributed by atoms with Crippen LogP contribution in [0.4, 0.5) is 4.39 Å². The number of ether oxygens (including phenoxy) is 1. The molecule has 0 saturated carbocycles. The third-order valence-electron chi connectivity index (χ3n) is 4.25. The van der Waals surface area contributed by atoms with Crippen molar-refractivity contribution in [1.29, 1.82) is 0 Å². The van der Waals surface area contributed by atoms with Crippen molar-refractivity contribution >= 4 is 5.91 Å². The van der Waals surface area contributed by atoms with Gasteiger partial charge in [0.1, 0.15) is 12.1 Å². The van der Waals surface area contributed by atoms with Gasteiger partial charge in [-0.2, -0.15) is 0 Å². The van der Waals surface area contributed by atoms with Crippen molar-refractivity contribution in [2.45, 2.75) is 13.1 Å². The molecule has 3 aromatic rings. The van der Waals surface area contributed by atoms with E-state index in [-0.39, 0.29) is 11.7 Å². The van der Waals surface area contributed by atoms with Crippen molar-refractivity contribution in [1.82, 2.24) is 19.7 Å². The first-order chi connectivity index (χ1) is 13.1. The molecule has 2 aromatic carbocycles. The summed E-state index contributed by atoms with van der Waals surface area (Å²) in [6.07, 6.45) is 1.63. The van der Waals surface area contributed by atoms with Gasteiger partial charge in [0.05, 0.1) is 13.2 Å². The van der Waals surface area contributed by atoms with E-state index < -0.39 is 0 Å². The van der Waals surface area contributed by atoms with Crippen LogP contribution in [0.3, 0.4) is 0 Å². The second kappa shape index (κ2) is 8.55. The van der Waals surface area contributed by atoms with Crippen LogP contribution < -0.4 is 0 Å². The normalized spacial score (nSPS) is 10.8. The van der Waals surface area contributed by atoms with Gasteiger partial charge in [-0.25, -0.2) is 4.39 Å². The molecule has 0 bridgehead atoms. The number of rotatable bonds is 7. The third-order valence-corrected chi connectivity index (χ3v) is 4.25. The molecule has 1 amide bonds. The van der Waals surface area contributed by atoms with Crippen molar-refractivity contribution in [3.8, 4) is 11.1 Å². The predicted molar refractivity (Wildman–Crippen MR) is 99.5 cm³/mol. The van der Waals surface area contributed by atoms with Crippen LogP contribution in [-0.2, 0) is 17.8 Å². The van der Waals surface area contributed by atoms with Crippen LogP contribution in [0.1, 0.15) is 16.2 Å². The van der Waals surface area contributed by atoms with E-state index in [2.05, 4.69) is 10.2 Å². The maximum Gasteiger partial charge on any atom is 0.254 e. The largest absolute Gasteiger partial charge is 0.383 e. The first-order valence-electron chi connectivity index (χ1n) is 8.55. The van der Waals surface area contributed by atoms with E-state index in [1.54, 1.807) is 43.6 Å². The molecule has 0 fully saturated rings. The molecule has 140 valence electrons. The first kappa shape index (κ1) is 18.7. The fourth-order valence-corrected chi connectivity index (χ4v) is 2.76. The van der Waals surface area contributed by atoms with Gasteiger partial charge in [0.15, 0.2) is 5.82 Å². The monoisotopic (exact) mass is 368 g/mol. The summed E-state index contributed by atoms with van der Waals surface area (Å²) in [5, 5.41) is 7.98. The highest BCUT2D eigenvalue weighted by atomic mass is 19.1. The molecule has 7 heteroatoms. The minimum Gasteiger partial charge on any atom is -0.383 e. The Kier molecular flexibility index (Phi) is 5.93. The van der Waals surface area contributed by atoms with Crippen molar-refractivity contribution in [3.63, 3.8) is 0 Å². The molecule has 6 nitrogen and oxygen atoms in total. The van der Waals surface area contributed by atoms with Crippen molar-refractivity contribution in [2.75, 3.05) is 20.8 Å². The molecular formula is C20H21FN4O2. The Bertz CT molecular complexity index is 908. The Morgan fingerprint density at radius 3 is 2.67 bits per heavy atom. The van der Waals surface area contributed by atoms with Gasteiger partial charge in [-0.3, -0.25) is 4.79 Å². The van der Waals surface area contributed by atoms with Crippen molar-refractivity contribution in [2.24, 2.45) is 0 Å². The Morgan fingerprint density at radius 1 is 1.19 bits per heavy atom. The number of hydrogen-bond donors (Lipinski definition) is 0. The minimum absolute atomic E-state index is 0.123. The Labute approximate surface area is 157 Å². The third kappa shape index (κ3) is 4.57. The number of hydrogen-bond acceptors (Lipinski definition) is 4. The molecule has 27 heavy (non-hydrogen) atoms. The maximum atomic E-state index is 13.4. The lowest BCUT2D eigenvalue weighted by Crippen LogP contribution is -2.28. The number of methoxy groups -OCH3 is 1. The zero-order valence-electron chi connectivity index (χ0n) is 15.3. The molecule has 0 aliphatic rings. The van der Waals surface area contributed by atoms with E-state index in [0.717, 1.165) is 11.1 Å². The first-order valence-corrected chi connectivity index (χ1v) is 8.55. The van der Waals surface area contributed by atoms with Crippen LogP contribution in [0, 0.1) is 5.82 Å². The lowest BCUT2D eigenvalue weighted by Gasteiger charge is -2.17. The van der Waals surface area contributed by atoms with Gasteiger partial charge in [0.25, 0.3) is 5.91 Å². The predicted octanol–water partition coefficient (Wildman–Crippen LogP) is 3.00. The van der Waals surface area contributed by atoms with E-state index in [1.165, 1.54) is 12.1 Å². The van der Waals surface area contributed by atoms with E-state index in [4.69, 9.17) is 4.74 Å². The van der Waals surface area contributed by atoms with E-state index >= 15 is 0 Å². The molecule has 0 saturated heterocycles. The summed E-state index contributed by atoms with van der Waals surface area (Å²) in [6, 6.07) is 13.5. The highest BCUT2D eigenvalue weighted by Crippen LogP contribution is 2.21. The van der Waals surface area contributed by atoms with Crippen LogP contribution in [0.5, 0.6) is 0 Å². The number of carbonyl (C=O) groups excluding carboxylic acids is 1. The molecular weight excluding hydrogens is 347 g/mol. The van der Waals surface area contributed by atoms with Gasteiger partial charge in [0, 0.05) is 26.3 Å². The molecule has 0 N–H and O–H groups in total. The smallest absolute Gasteiger partial charge is 0.254 e. The summed E-state index contributed by atoms with van der Waals surface area (Å²) in [7, 11) is 3.35. The van der Waals surface area contributed by atoms with Gasteiger partial charge in [-0.15, -0.1) is 10.2 Å². The van der Waals surface area contributed by atoms with Crippen LogP contribution in [-0.4, -0.2) is 46.3 Å². The highest BCUT2D eigenvalue weighted by molar-refractivity contribution is 5.94. The average molecular weight is 368 g/mol. The molecule has 1 heterocycles. The lowest BCUT2D eigenvalue weighted by atomic mass is 10.0. The van der Waals surface area contributed by atoms with Crippen LogP contribution in [0.2, 0.25) is 0 Å². The number of aromatic nitrogens is 3. The van der Waals surface area contributed by atoms with Gasteiger partial charge in [-0.1, -0.05) is 24.3 Å². The number of benzene rings is 2. The van der Waals surface area contributed by atoms with Gasteiger partial charge < -0.3 is 14.2 Å². The molecule has 0 radical (unpaired) electrons. The van der Waals surface area contributed by atoms with Gasteiger partial charge in [0.2, 0.25) is 0 Å². The van der Waals surface area contributed by atoms with Gasteiger partial charge in [-0.05, 0) is 35.4 Å². The fourth-order valence-electron chi connectivity index (χ4n) is 2.76. The summed E-state index contributed by atoms with van der Waals surface area (Å²) < 4.78 is 20.3. The molecule has 0 aliphatic carbocycles. The molecule has 3 rings (SSSR count). The zero-order valence-corrected chi connectivity index (χ0v) is 15.3. The quantitative estimate of drug-likeness (QED) is 0.643. The van der Waals surface area contributed by atoms with Crippen molar-refractivity contribution < 1.29 is 13.9 Å². The molecule has 1 aromatic heterocycles. The Hall–Kier alpha value is -3.06. The molecule has 0 unspecified atom stereocenters. The number of nitrogens with zero attached hydrogens (tertiary/aromatic N) is 4.